The Labute approximate surface area is 94.0 Å². The number of hydrogen-bond donors (Lipinski definition) is 0. The number of aryl methyl sites for hydroxylation is 1. The van der Waals surface area contributed by atoms with E-state index in [1.807, 2.05) is 0 Å². The number of aromatic nitrogens is 4. The van der Waals surface area contributed by atoms with Crippen LogP contribution in [0.3, 0.4) is 0 Å². The minimum absolute atomic E-state index is 0.281. The zero-order valence-electron chi connectivity index (χ0n) is 7.88. The van der Waals surface area contributed by atoms with Crippen LogP contribution in [0.25, 0.3) is 11.1 Å². The van der Waals surface area contributed by atoms with Crippen LogP contribution in [-0.2, 0) is 7.05 Å². The molecule has 2 aromatic heterocycles. The maximum Gasteiger partial charge on any atom is 0.347 e. The molecule has 0 aromatic carbocycles. The average molecular weight is 267 g/mol. The molecule has 0 aliphatic carbocycles. The zero-order valence-corrected chi connectivity index (χ0v) is 9.47. The molecule has 0 N–H and O–H groups in total. The van der Waals surface area contributed by atoms with Gasteiger partial charge in [0.15, 0.2) is 4.73 Å². The molecule has 0 unspecified atom stereocenters. The van der Waals surface area contributed by atoms with Crippen molar-refractivity contribution in [2.24, 2.45) is 7.05 Å². The van der Waals surface area contributed by atoms with Crippen molar-refractivity contribution in [2.75, 3.05) is 0 Å². The first-order valence-electron chi connectivity index (χ1n) is 4.17. The SMILES string of the molecule is Cn1cc(-c2cnc(Br)nc2)cnc1=O. The molecule has 0 fully saturated rings. The van der Waals surface area contributed by atoms with Crippen LogP contribution in [0.4, 0.5) is 0 Å². The third-order valence-corrected chi connectivity index (χ3v) is 2.31. The summed E-state index contributed by atoms with van der Waals surface area (Å²) < 4.78 is 1.95. The molecule has 0 saturated heterocycles. The van der Waals surface area contributed by atoms with Gasteiger partial charge >= 0.3 is 5.69 Å². The van der Waals surface area contributed by atoms with Gasteiger partial charge in [-0.25, -0.2) is 19.7 Å². The summed E-state index contributed by atoms with van der Waals surface area (Å²) in [6.45, 7) is 0. The summed E-state index contributed by atoms with van der Waals surface area (Å²) in [4.78, 5) is 22.8. The summed E-state index contributed by atoms with van der Waals surface area (Å²) in [7, 11) is 1.65. The summed E-state index contributed by atoms with van der Waals surface area (Å²) in [5, 5.41) is 0. The van der Waals surface area contributed by atoms with E-state index in [4.69, 9.17) is 0 Å². The predicted molar refractivity (Wildman–Crippen MR) is 58.2 cm³/mol. The van der Waals surface area contributed by atoms with Crippen LogP contribution in [0.15, 0.2) is 34.3 Å². The van der Waals surface area contributed by atoms with Crippen molar-refractivity contribution in [1.82, 2.24) is 19.5 Å². The molecule has 2 rings (SSSR count). The van der Waals surface area contributed by atoms with Crippen molar-refractivity contribution in [3.63, 3.8) is 0 Å². The molecule has 0 aliphatic rings. The van der Waals surface area contributed by atoms with E-state index in [-0.39, 0.29) is 5.69 Å². The minimum atomic E-state index is -0.281. The van der Waals surface area contributed by atoms with Gasteiger partial charge in [0, 0.05) is 43.0 Å². The van der Waals surface area contributed by atoms with Gasteiger partial charge in [0.2, 0.25) is 0 Å². The molecule has 0 aliphatic heterocycles. The molecule has 5 nitrogen and oxygen atoms in total. The molecule has 76 valence electrons. The molecule has 0 radical (unpaired) electrons. The van der Waals surface area contributed by atoms with Crippen LogP contribution in [0, 0.1) is 0 Å². The summed E-state index contributed by atoms with van der Waals surface area (Å²) >= 11 is 3.15. The van der Waals surface area contributed by atoms with Crippen molar-refractivity contribution in [3.05, 3.63) is 40.0 Å². The van der Waals surface area contributed by atoms with Crippen LogP contribution < -0.4 is 5.69 Å². The number of nitrogens with zero attached hydrogens (tertiary/aromatic N) is 4. The molecule has 0 atom stereocenters. The highest BCUT2D eigenvalue weighted by Crippen LogP contribution is 2.15. The first kappa shape index (κ1) is 9.97. The van der Waals surface area contributed by atoms with E-state index >= 15 is 0 Å². The Kier molecular flexibility index (Phi) is 2.59. The standard InChI is InChI=1S/C9H7BrN4O/c1-14-5-7(4-13-9(14)15)6-2-11-8(10)12-3-6/h2-5H,1H3. The minimum Gasteiger partial charge on any atom is -0.302 e. The second-order valence-corrected chi connectivity index (χ2v) is 3.69. The van der Waals surface area contributed by atoms with E-state index in [1.165, 1.54) is 10.8 Å². The molecule has 0 bridgehead atoms. The molecule has 15 heavy (non-hydrogen) atoms. The normalized spacial score (nSPS) is 10.3. The first-order valence-corrected chi connectivity index (χ1v) is 4.97. The van der Waals surface area contributed by atoms with E-state index in [0.717, 1.165) is 11.1 Å². The van der Waals surface area contributed by atoms with E-state index < -0.39 is 0 Å². The fourth-order valence-corrected chi connectivity index (χ4v) is 1.33. The summed E-state index contributed by atoms with van der Waals surface area (Å²) in [5.41, 5.74) is 1.35. The second-order valence-electron chi connectivity index (χ2n) is 2.98. The van der Waals surface area contributed by atoms with Gasteiger partial charge in [-0.2, -0.15) is 0 Å². The maximum atomic E-state index is 11.1. The largest absolute Gasteiger partial charge is 0.347 e. The molecule has 0 saturated carbocycles. The highest BCUT2D eigenvalue weighted by Gasteiger charge is 2.01. The predicted octanol–water partition coefficient (Wildman–Crippen LogP) is 1.000. The fourth-order valence-electron chi connectivity index (χ4n) is 1.12. The van der Waals surface area contributed by atoms with E-state index in [9.17, 15) is 4.79 Å². The van der Waals surface area contributed by atoms with Crippen molar-refractivity contribution in [2.45, 2.75) is 0 Å². The smallest absolute Gasteiger partial charge is 0.302 e. The number of hydrogen-bond acceptors (Lipinski definition) is 4. The lowest BCUT2D eigenvalue weighted by Gasteiger charge is -2.01. The van der Waals surface area contributed by atoms with Gasteiger partial charge in [-0.05, 0) is 15.9 Å². The number of halogens is 1. The Morgan fingerprint density at radius 1 is 1.13 bits per heavy atom. The molecule has 0 amide bonds. The molecule has 2 heterocycles. The molecule has 6 heteroatoms. The maximum absolute atomic E-state index is 11.1. The van der Waals surface area contributed by atoms with Crippen LogP contribution >= 0.6 is 15.9 Å². The Morgan fingerprint density at radius 3 is 2.33 bits per heavy atom. The van der Waals surface area contributed by atoms with Crippen molar-refractivity contribution < 1.29 is 0 Å². The average Bonchev–Trinajstić information content (AvgIpc) is 2.23. The summed E-state index contributed by atoms with van der Waals surface area (Å²) in [6.07, 6.45) is 6.54. The van der Waals surface area contributed by atoms with Crippen molar-refractivity contribution in [3.8, 4) is 11.1 Å². The first-order chi connectivity index (χ1) is 7.16. The van der Waals surface area contributed by atoms with Gasteiger partial charge < -0.3 is 4.57 Å². The van der Waals surface area contributed by atoms with Gasteiger partial charge in [-0.15, -0.1) is 0 Å². The van der Waals surface area contributed by atoms with E-state index in [1.54, 1.807) is 25.6 Å². The summed E-state index contributed by atoms with van der Waals surface area (Å²) in [6, 6.07) is 0. The van der Waals surface area contributed by atoms with Crippen molar-refractivity contribution in [1.29, 1.82) is 0 Å². The molecular weight excluding hydrogens is 260 g/mol. The van der Waals surface area contributed by atoms with Crippen LogP contribution in [0.2, 0.25) is 0 Å². The third kappa shape index (κ3) is 2.10. The lowest BCUT2D eigenvalue weighted by Crippen LogP contribution is -2.18. The Bertz CT molecular complexity index is 535. The quantitative estimate of drug-likeness (QED) is 0.723. The van der Waals surface area contributed by atoms with Crippen molar-refractivity contribution >= 4 is 15.9 Å². The van der Waals surface area contributed by atoms with Gasteiger partial charge in [0.05, 0.1) is 0 Å². The zero-order chi connectivity index (χ0) is 10.8. The Hall–Kier alpha value is -1.56. The van der Waals surface area contributed by atoms with Gasteiger partial charge in [0.1, 0.15) is 0 Å². The highest BCUT2D eigenvalue weighted by molar-refractivity contribution is 9.10. The van der Waals surface area contributed by atoms with Crippen LogP contribution in [0.1, 0.15) is 0 Å². The highest BCUT2D eigenvalue weighted by atomic mass is 79.9. The summed E-state index contributed by atoms with van der Waals surface area (Å²) in [5.74, 6) is 0. The Balaban J connectivity index is 2.50. The fraction of sp³-hybridized carbons (Fsp3) is 0.111. The topological polar surface area (TPSA) is 60.7 Å². The van der Waals surface area contributed by atoms with Gasteiger partial charge in [-0.3, -0.25) is 0 Å². The molecule has 0 spiro atoms. The van der Waals surface area contributed by atoms with Crippen LogP contribution in [-0.4, -0.2) is 19.5 Å². The van der Waals surface area contributed by atoms with E-state index in [0.29, 0.717) is 4.73 Å². The number of rotatable bonds is 1. The third-order valence-electron chi connectivity index (χ3n) is 1.90. The van der Waals surface area contributed by atoms with Gasteiger partial charge in [0.25, 0.3) is 0 Å². The lowest BCUT2D eigenvalue weighted by atomic mass is 10.2. The monoisotopic (exact) mass is 266 g/mol. The molecule has 2 aromatic rings. The van der Waals surface area contributed by atoms with Gasteiger partial charge in [-0.1, -0.05) is 0 Å². The Morgan fingerprint density at radius 2 is 1.73 bits per heavy atom. The molecular formula is C9H7BrN4O. The second kappa shape index (κ2) is 3.90. The van der Waals surface area contributed by atoms with Crippen LogP contribution in [0.5, 0.6) is 0 Å². The lowest BCUT2D eigenvalue weighted by molar-refractivity contribution is 0.812. The van der Waals surface area contributed by atoms with E-state index in [2.05, 4.69) is 30.9 Å².